The second-order valence-corrected chi connectivity index (χ2v) is 8.71. The van der Waals surface area contributed by atoms with Gasteiger partial charge in [0.05, 0.1) is 17.3 Å². The van der Waals surface area contributed by atoms with Crippen molar-refractivity contribution in [3.05, 3.63) is 47.1 Å². The lowest BCUT2D eigenvalue weighted by molar-refractivity contribution is -0.105. The fourth-order valence-corrected chi connectivity index (χ4v) is 4.01. The van der Waals surface area contributed by atoms with Crippen LogP contribution >= 0.6 is 0 Å². The highest BCUT2D eigenvalue weighted by Crippen LogP contribution is 2.46. The minimum atomic E-state index is 0.0735. The van der Waals surface area contributed by atoms with Crippen molar-refractivity contribution in [1.82, 2.24) is 20.2 Å². The number of hydrogen-bond acceptors (Lipinski definition) is 6. The molecule has 1 N–H and O–H groups in total. The predicted octanol–water partition coefficient (Wildman–Crippen LogP) is 3.47. The smallest absolute Gasteiger partial charge is 0.153 e. The van der Waals surface area contributed by atoms with Gasteiger partial charge >= 0.3 is 0 Å². The number of nitrogens with one attached hydrogen (secondary N) is 1. The molecule has 1 aliphatic heterocycles. The number of hydrogen-bond donors (Lipinski definition) is 1. The summed E-state index contributed by atoms with van der Waals surface area (Å²) >= 11 is 0. The van der Waals surface area contributed by atoms with Crippen molar-refractivity contribution in [3.63, 3.8) is 0 Å². The molecule has 30 heavy (non-hydrogen) atoms. The molecule has 1 fully saturated rings. The molecule has 1 unspecified atom stereocenters. The van der Waals surface area contributed by atoms with Gasteiger partial charge in [-0.05, 0) is 38.2 Å². The van der Waals surface area contributed by atoms with Gasteiger partial charge in [0, 0.05) is 44.4 Å². The molecule has 1 aliphatic carbocycles. The van der Waals surface area contributed by atoms with Crippen molar-refractivity contribution in [2.75, 3.05) is 27.2 Å². The summed E-state index contributed by atoms with van der Waals surface area (Å²) in [5.41, 5.74) is 3.40. The molecule has 0 aromatic rings. The third-order valence-corrected chi connectivity index (χ3v) is 5.64. The van der Waals surface area contributed by atoms with Crippen LogP contribution in [0.3, 0.4) is 0 Å². The van der Waals surface area contributed by atoms with E-state index in [0.717, 1.165) is 62.0 Å². The van der Waals surface area contributed by atoms with Crippen LogP contribution in [-0.2, 0) is 9.59 Å². The summed E-state index contributed by atoms with van der Waals surface area (Å²) in [6.07, 6.45) is 8.29. The average molecular weight is 415 g/mol. The van der Waals surface area contributed by atoms with Crippen molar-refractivity contribution in [3.8, 4) is 0 Å². The summed E-state index contributed by atoms with van der Waals surface area (Å²) in [6, 6.07) is 0.0735. The number of hydrazine groups is 1. The quantitative estimate of drug-likeness (QED) is 0.300. The minimum Gasteiger partial charge on any atom is -0.385 e. The summed E-state index contributed by atoms with van der Waals surface area (Å²) < 4.78 is 0. The largest absolute Gasteiger partial charge is 0.385 e. The number of rotatable bonds is 12. The summed E-state index contributed by atoms with van der Waals surface area (Å²) in [7, 11) is 4.13. The zero-order valence-corrected chi connectivity index (χ0v) is 19.4. The molecular weight excluding hydrogens is 376 g/mol. The molecule has 0 spiro atoms. The summed E-state index contributed by atoms with van der Waals surface area (Å²) in [4.78, 5) is 25.5. The van der Waals surface area contributed by atoms with Crippen molar-refractivity contribution < 1.29 is 9.59 Å². The van der Waals surface area contributed by atoms with Gasteiger partial charge in [0.15, 0.2) is 6.29 Å². The molecule has 2 aliphatic rings. The number of likely N-dealkylation sites (N-methyl/N-ethyl adjacent to an activating group) is 1. The highest BCUT2D eigenvalue weighted by Gasteiger charge is 2.43. The summed E-state index contributed by atoms with van der Waals surface area (Å²) in [6.45, 7) is 14.4. The van der Waals surface area contributed by atoms with Crippen LogP contribution in [0.5, 0.6) is 0 Å². The number of aldehydes is 2. The number of carbonyl (C=O) groups is 2. The van der Waals surface area contributed by atoms with Crippen LogP contribution in [0.2, 0.25) is 0 Å². The Morgan fingerprint density at radius 3 is 2.50 bits per heavy atom. The SMILES string of the molecule is C=C(NCCC)/C(C=O)=C(\C1CC1)N1C(N(C)CC(C)C)=C(/C=C/C=O)C(C)N1C. The Balaban J connectivity index is 2.64. The van der Waals surface area contributed by atoms with Crippen molar-refractivity contribution in [1.29, 1.82) is 0 Å². The first-order valence-corrected chi connectivity index (χ1v) is 11.0. The zero-order valence-electron chi connectivity index (χ0n) is 19.4. The minimum absolute atomic E-state index is 0.0735. The van der Waals surface area contributed by atoms with Gasteiger partial charge in [-0.2, -0.15) is 0 Å². The molecule has 0 aromatic heterocycles. The Labute approximate surface area is 181 Å². The molecule has 0 aromatic carbocycles. The van der Waals surface area contributed by atoms with Crippen molar-refractivity contribution in [2.24, 2.45) is 11.8 Å². The van der Waals surface area contributed by atoms with E-state index in [1.807, 2.05) is 13.1 Å². The Kier molecular flexibility index (Phi) is 8.47. The van der Waals surface area contributed by atoms with Gasteiger partial charge < -0.3 is 10.2 Å². The highest BCUT2D eigenvalue weighted by atomic mass is 16.1. The topological polar surface area (TPSA) is 55.9 Å². The fraction of sp³-hybridized carbons (Fsp3) is 0.583. The van der Waals surface area contributed by atoms with Gasteiger partial charge in [0.25, 0.3) is 0 Å². The third-order valence-electron chi connectivity index (χ3n) is 5.64. The second kappa shape index (κ2) is 10.6. The molecule has 1 atom stereocenters. The van der Waals surface area contributed by atoms with Crippen LogP contribution in [0.1, 0.15) is 47.0 Å². The van der Waals surface area contributed by atoms with Crippen LogP contribution in [0.25, 0.3) is 0 Å². The lowest BCUT2D eigenvalue weighted by Gasteiger charge is -2.38. The molecular formula is C24H38N4O2. The summed E-state index contributed by atoms with van der Waals surface area (Å²) in [5.74, 6) is 1.83. The van der Waals surface area contributed by atoms with Crippen LogP contribution < -0.4 is 5.32 Å². The highest BCUT2D eigenvalue weighted by molar-refractivity contribution is 5.81. The lowest BCUT2D eigenvalue weighted by atomic mass is 10.1. The molecule has 0 bridgehead atoms. The normalized spacial score (nSPS) is 20.8. The third kappa shape index (κ3) is 5.22. The van der Waals surface area contributed by atoms with E-state index >= 15 is 0 Å². The van der Waals surface area contributed by atoms with Gasteiger partial charge in [0.2, 0.25) is 0 Å². The monoisotopic (exact) mass is 414 g/mol. The fourth-order valence-electron chi connectivity index (χ4n) is 4.01. The van der Waals surface area contributed by atoms with Gasteiger partial charge in [-0.3, -0.25) is 14.6 Å². The van der Waals surface area contributed by atoms with Crippen LogP contribution in [0.15, 0.2) is 47.1 Å². The van der Waals surface area contributed by atoms with Gasteiger partial charge in [0.1, 0.15) is 12.1 Å². The first-order chi connectivity index (χ1) is 14.3. The standard InChI is InChI=1S/C24H38N4O2/c1-8-13-25-18(4)22(16-30)23(20-11-12-20)28-24(26(6)15-17(2)3)21(10-9-14-29)19(5)27(28)7/h9-10,14,16-17,19-20,25H,4,8,11-13,15H2,1-3,5-7H3/b10-9+,23-22+. The van der Waals surface area contributed by atoms with E-state index in [9.17, 15) is 9.59 Å². The molecule has 0 amide bonds. The van der Waals surface area contributed by atoms with Gasteiger partial charge in [-0.25, -0.2) is 5.01 Å². The molecule has 2 rings (SSSR count). The average Bonchev–Trinajstić information content (AvgIpc) is 3.50. The van der Waals surface area contributed by atoms with Crippen LogP contribution in [-0.4, -0.2) is 60.7 Å². The van der Waals surface area contributed by atoms with E-state index in [1.54, 1.807) is 6.08 Å². The van der Waals surface area contributed by atoms with E-state index < -0.39 is 0 Å². The molecule has 0 radical (unpaired) electrons. The molecule has 1 heterocycles. The van der Waals surface area contributed by atoms with Gasteiger partial charge in [-0.15, -0.1) is 0 Å². The maximum atomic E-state index is 12.2. The zero-order chi connectivity index (χ0) is 22.4. The van der Waals surface area contributed by atoms with Gasteiger partial charge in [-0.1, -0.05) is 33.4 Å². The van der Waals surface area contributed by atoms with E-state index in [4.69, 9.17) is 0 Å². The summed E-state index contributed by atoms with van der Waals surface area (Å²) in [5, 5.41) is 7.66. The first-order valence-electron chi connectivity index (χ1n) is 11.0. The molecule has 6 heteroatoms. The van der Waals surface area contributed by atoms with E-state index in [1.165, 1.54) is 0 Å². The lowest BCUT2D eigenvalue weighted by Crippen LogP contribution is -2.43. The number of nitrogens with zero attached hydrogens (tertiary/aromatic N) is 3. The van der Waals surface area contributed by atoms with Crippen LogP contribution in [0, 0.1) is 11.8 Å². The predicted molar refractivity (Wildman–Crippen MR) is 122 cm³/mol. The maximum absolute atomic E-state index is 12.2. The molecule has 6 nitrogen and oxygen atoms in total. The van der Waals surface area contributed by atoms with E-state index in [0.29, 0.717) is 23.1 Å². The Bertz CT molecular complexity index is 746. The Hall–Kier alpha value is -2.34. The second-order valence-electron chi connectivity index (χ2n) is 8.71. The Morgan fingerprint density at radius 1 is 1.33 bits per heavy atom. The Morgan fingerprint density at radius 2 is 2.00 bits per heavy atom. The van der Waals surface area contributed by atoms with Crippen molar-refractivity contribution >= 4 is 12.6 Å². The van der Waals surface area contributed by atoms with Crippen molar-refractivity contribution in [2.45, 2.75) is 53.0 Å². The number of allylic oxidation sites excluding steroid dienone is 3. The molecule has 0 saturated heterocycles. The van der Waals surface area contributed by atoms with E-state index in [-0.39, 0.29) is 6.04 Å². The molecule has 166 valence electrons. The number of carbonyl (C=O) groups excluding carboxylic acids is 2. The molecule has 1 saturated carbocycles. The van der Waals surface area contributed by atoms with Crippen LogP contribution in [0.4, 0.5) is 0 Å². The van der Waals surface area contributed by atoms with E-state index in [2.05, 4.69) is 61.6 Å². The first kappa shape index (κ1) is 23.9. The maximum Gasteiger partial charge on any atom is 0.153 e.